The van der Waals surface area contributed by atoms with Gasteiger partial charge in [0.2, 0.25) is 5.91 Å². The van der Waals surface area contributed by atoms with E-state index in [4.69, 9.17) is 20.8 Å². The van der Waals surface area contributed by atoms with Crippen molar-refractivity contribution >= 4 is 11.9 Å². The number of amides is 1. The molecule has 180 valence electrons. The van der Waals surface area contributed by atoms with E-state index in [-0.39, 0.29) is 23.8 Å². The molecule has 1 saturated heterocycles. The van der Waals surface area contributed by atoms with E-state index >= 15 is 0 Å². The Morgan fingerprint density at radius 1 is 1.36 bits per heavy atom. The summed E-state index contributed by atoms with van der Waals surface area (Å²) in [6, 6.07) is 6.42. The number of hydrazine groups is 1. The van der Waals surface area contributed by atoms with Crippen LogP contribution in [0.1, 0.15) is 62.4 Å². The molecule has 2 heterocycles. The zero-order valence-electron chi connectivity index (χ0n) is 19.8. The molecule has 2 atom stereocenters. The molecule has 0 bridgehead atoms. The highest BCUT2D eigenvalue weighted by Crippen LogP contribution is 2.51. The third-order valence-corrected chi connectivity index (χ3v) is 7.17. The molecule has 1 aliphatic carbocycles. The van der Waals surface area contributed by atoms with Crippen LogP contribution in [0.2, 0.25) is 0 Å². The smallest absolute Gasteiger partial charge is 0.324 e. The van der Waals surface area contributed by atoms with Gasteiger partial charge in [-0.15, -0.1) is 0 Å². The maximum atomic E-state index is 11.5. The molecule has 2 aromatic rings. The molecule has 4 rings (SSSR count). The van der Waals surface area contributed by atoms with Crippen molar-refractivity contribution < 1.29 is 14.1 Å². The molecule has 1 aromatic carbocycles. The van der Waals surface area contributed by atoms with Gasteiger partial charge in [0.05, 0.1) is 13.0 Å². The molecule has 2 unspecified atom stereocenters. The van der Waals surface area contributed by atoms with Gasteiger partial charge in [-0.2, -0.15) is 4.98 Å². The van der Waals surface area contributed by atoms with Crippen LogP contribution in [-0.4, -0.2) is 41.3 Å². The van der Waals surface area contributed by atoms with Crippen LogP contribution in [-0.2, 0) is 11.2 Å². The predicted octanol–water partition coefficient (Wildman–Crippen LogP) is 2.44. The highest BCUT2D eigenvalue weighted by molar-refractivity contribution is 5.78. The lowest BCUT2D eigenvalue weighted by atomic mass is 9.89. The first-order valence-corrected chi connectivity index (χ1v) is 11.9. The molecule has 1 amide bonds. The standard InChI is InChI=1S/C24H36N6O3/c1-15(2)22-27-23(33-29-22)30-9-6-17(7-10-30)20-14-24(20,25)8-11-32-19-5-4-18(16(3)12-19)13-21(31)28-26/h4-5,12,15,17,20H,6-11,13-14,25-26H2,1-3H3,(H,28,31). The molecule has 1 saturated carbocycles. The molecule has 1 aliphatic heterocycles. The van der Waals surface area contributed by atoms with Crippen LogP contribution in [0.5, 0.6) is 5.75 Å². The van der Waals surface area contributed by atoms with Gasteiger partial charge in [-0.25, -0.2) is 5.84 Å². The van der Waals surface area contributed by atoms with Gasteiger partial charge in [0.15, 0.2) is 5.82 Å². The van der Waals surface area contributed by atoms with Crippen LogP contribution in [0.4, 0.5) is 6.01 Å². The summed E-state index contributed by atoms with van der Waals surface area (Å²) in [5.41, 5.74) is 10.7. The number of nitrogens with two attached hydrogens (primary N) is 2. The fourth-order valence-corrected chi connectivity index (χ4v) is 4.90. The summed E-state index contributed by atoms with van der Waals surface area (Å²) >= 11 is 0. The van der Waals surface area contributed by atoms with Crippen molar-refractivity contribution in [2.45, 2.75) is 64.3 Å². The van der Waals surface area contributed by atoms with Gasteiger partial charge in [0.25, 0.3) is 0 Å². The summed E-state index contributed by atoms with van der Waals surface area (Å²) < 4.78 is 11.4. The van der Waals surface area contributed by atoms with E-state index in [0.29, 0.717) is 24.5 Å². The number of hydrogen-bond acceptors (Lipinski definition) is 8. The molecule has 5 N–H and O–H groups in total. The molecular weight excluding hydrogens is 420 g/mol. The Balaban J connectivity index is 1.21. The number of aromatic nitrogens is 2. The fraction of sp³-hybridized carbons (Fsp3) is 0.625. The van der Waals surface area contributed by atoms with Crippen molar-refractivity contribution in [1.29, 1.82) is 0 Å². The number of piperidine rings is 1. The molecule has 2 aliphatic rings. The first-order chi connectivity index (χ1) is 15.8. The second-order valence-electron chi connectivity index (χ2n) is 9.89. The number of nitrogens with one attached hydrogen (secondary N) is 1. The Kier molecular flexibility index (Phi) is 6.90. The maximum Gasteiger partial charge on any atom is 0.324 e. The van der Waals surface area contributed by atoms with E-state index in [0.717, 1.165) is 61.5 Å². The zero-order chi connectivity index (χ0) is 23.6. The molecular formula is C24H36N6O3. The summed E-state index contributed by atoms with van der Waals surface area (Å²) in [6.45, 7) is 8.56. The van der Waals surface area contributed by atoms with Crippen molar-refractivity contribution in [3.05, 3.63) is 35.2 Å². The normalized spacial score (nSPS) is 23.1. The van der Waals surface area contributed by atoms with Gasteiger partial charge in [-0.1, -0.05) is 25.1 Å². The summed E-state index contributed by atoms with van der Waals surface area (Å²) in [4.78, 5) is 18.2. The second kappa shape index (κ2) is 9.69. The summed E-state index contributed by atoms with van der Waals surface area (Å²) in [6.07, 6.45) is 4.36. The number of rotatable bonds is 9. The second-order valence-corrected chi connectivity index (χ2v) is 9.89. The molecule has 1 aromatic heterocycles. The SMILES string of the molecule is Cc1cc(OCCC2(N)CC2C2CCN(c3nc(C(C)C)no3)CC2)ccc1CC(=O)NN. The number of aryl methyl sites for hydroxylation is 1. The van der Waals surface area contributed by atoms with Crippen molar-refractivity contribution in [2.75, 3.05) is 24.6 Å². The number of carbonyl (C=O) groups is 1. The van der Waals surface area contributed by atoms with Crippen molar-refractivity contribution in [1.82, 2.24) is 15.6 Å². The van der Waals surface area contributed by atoms with Gasteiger partial charge in [0.1, 0.15) is 5.75 Å². The van der Waals surface area contributed by atoms with Crippen molar-refractivity contribution in [2.24, 2.45) is 23.4 Å². The van der Waals surface area contributed by atoms with E-state index < -0.39 is 0 Å². The Bertz CT molecular complexity index is 969. The number of nitrogens with zero attached hydrogens (tertiary/aromatic N) is 3. The van der Waals surface area contributed by atoms with Crippen LogP contribution in [0.15, 0.2) is 22.7 Å². The van der Waals surface area contributed by atoms with E-state index in [1.807, 2.05) is 25.1 Å². The zero-order valence-corrected chi connectivity index (χ0v) is 19.8. The lowest BCUT2D eigenvalue weighted by Crippen LogP contribution is -2.37. The van der Waals surface area contributed by atoms with Crippen LogP contribution >= 0.6 is 0 Å². The molecule has 2 fully saturated rings. The summed E-state index contributed by atoms with van der Waals surface area (Å²) in [7, 11) is 0. The lowest BCUT2D eigenvalue weighted by molar-refractivity contribution is -0.120. The van der Waals surface area contributed by atoms with Gasteiger partial charge in [-0.05, 0) is 67.7 Å². The molecule has 0 radical (unpaired) electrons. The Labute approximate surface area is 195 Å². The number of anilines is 1. The Hall–Kier alpha value is -2.65. The third kappa shape index (κ3) is 5.47. The Morgan fingerprint density at radius 2 is 2.12 bits per heavy atom. The maximum absolute atomic E-state index is 11.5. The van der Waals surface area contributed by atoms with Gasteiger partial charge in [-0.3, -0.25) is 10.2 Å². The molecule has 9 heteroatoms. The topological polar surface area (TPSA) is 133 Å². The molecule has 9 nitrogen and oxygen atoms in total. The van der Waals surface area contributed by atoms with Crippen LogP contribution in [0.25, 0.3) is 0 Å². The minimum absolute atomic E-state index is 0.129. The van der Waals surface area contributed by atoms with Crippen molar-refractivity contribution in [3.8, 4) is 5.75 Å². The highest BCUT2D eigenvalue weighted by atomic mass is 16.5. The minimum atomic E-state index is -0.208. The van der Waals surface area contributed by atoms with Gasteiger partial charge in [0, 0.05) is 24.5 Å². The number of ether oxygens (including phenoxy) is 1. The fourth-order valence-electron chi connectivity index (χ4n) is 4.90. The lowest BCUT2D eigenvalue weighted by Gasteiger charge is -2.31. The quantitative estimate of drug-likeness (QED) is 0.298. The first-order valence-electron chi connectivity index (χ1n) is 11.9. The number of benzene rings is 1. The van der Waals surface area contributed by atoms with E-state index in [1.54, 1.807) is 0 Å². The number of hydrogen-bond donors (Lipinski definition) is 3. The van der Waals surface area contributed by atoms with E-state index in [9.17, 15) is 4.79 Å². The average Bonchev–Trinajstić information content (AvgIpc) is 3.22. The average molecular weight is 457 g/mol. The summed E-state index contributed by atoms with van der Waals surface area (Å²) in [5.74, 6) is 7.99. The first kappa shape index (κ1) is 23.5. The van der Waals surface area contributed by atoms with E-state index in [1.165, 1.54) is 0 Å². The largest absolute Gasteiger partial charge is 0.494 e. The van der Waals surface area contributed by atoms with Crippen LogP contribution < -0.4 is 26.6 Å². The Morgan fingerprint density at radius 3 is 2.76 bits per heavy atom. The third-order valence-electron chi connectivity index (χ3n) is 7.17. The van der Waals surface area contributed by atoms with Gasteiger partial charge >= 0.3 is 6.01 Å². The highest BCUT2D eigenvalue weighted by Gasteiger charge is 2.54. The predicted molar refractivity (Wildman–Crippen MR) is 126 cm³/mol. The van der Waals surface area contributed by atoms with Crippen molar-refractivity contribution in [3.63, 3.8) is 0 Å². The van der Waals surface area contributed by atoms with Gasteiger partial charge < -0.3 is 19.9 Å². The summed E-state index contributed by atoms with van der Waals surface area (Å²) in [5, 5.41) is 4.08. The monoisotopic (exact) mass is 456 g/mol. The minimum Gasteiger partial charge on any atom is -0.494 e. The molecule has 33 heavy (non-hydrogen) atoms. The van der Waals surface area contributed by atoms with E-state index in [2.05, 4.69) is 34.3 Å². The number of carbonyl (C=O) groups excluding carboxylic acids is 1. The van der Waals surface area contributed by atoms with Crippen LogP contribution in [0.3, 0.4) is 0 Å². The molecule has 0 spiro atoms. The van der Waals surface area contributed by atoms with Crippen LogP contribution in [0, 0.1) is 18.8 Å².